The van der Waals surface area contributed by atoms with Gasteiger partial charge in [-0.25, -0.2) is 9.97 Å². The number of halogens is 3. The predicted octanol–water partition coefficient (Wildman–Crippen LogP) is 4.28. The summed E-state index contributed by atoms with van der Waals surface area (Å²) in [6.45, 7) is 8.20. The van der Waals surface area contributed by atoms with E-state index in [1.165, 1.54) is 18.3 Å². The SMILES string of the molecule is C=CCN1CCc2c(nc(C)n2-c2cncc(Nc3ccc(C(F)(F)F)cc3)n2)C1. The number of nitrogens with zero attached hydrogens (tertiary/aromatic N) is 5. The van der Waals surface area contributed by atoms with Crippen molar-refractivity contribution >= 4 is 11.5 Å². The van der Waals surface area contributed by atoms with Gasteiger partial charge in [0.25, 0.3) is 0 Å². The van der Waals surface area contributed by atoms with Crippen molar-refractivity contribution in [1.82, 2.24) is 24.4 Å². The molecule has 3 aromatic rings. The van der Waals surface area contributed by atoms with Crippen LogP contribution in [0.25, 0.3) is 5.82 Å². The first-order chi connectivity index (χ1) is 14.3. The summed E-state index contributed by atoms with van der Waals surface area (Å²) in [6.07, 6.45) is 1.55. The van der Waals surface area contributed by atoms with Crippen molar-refractivity contribution in [2.24, 2.45) is 0 Å². The molecule has 1 N–H and O–H groups in total. The number of nitrogens with one attached hydrogen (secondary N) is 1. The molecule has 2 aromatic heterocycles. The van der Waals surface area contributed by atoms with E-state index >= 15 is 0 Å². The van der Waals surface area contributed by atoms with Crippen molar-refractivity contribution in [3.05, 3.63) is 72.1 Å². The molecule has 0 radical (unpaired) electrons. The molecule has 0 saturated carbocycles. The van der Waals surface area contributed by atoms with Crippen molar-refractivity contribution in [2.75, 3.05) is 18.4 Å². The van der Waals surface area contributed by atoms with Gasteiger partial charge in [-0.15, -0.1) is 6.58 Å². The third-order valence-electron chi connectivity index (χ3n) is 4.98. The third-order valence-corrected chi connectivity index (χ3v) is 4.98. The lowest BCUT2D eigenvalue weighted by molar-refractivity contribution is -0.137. The van der Waals surface area contributed by atoms with Crippen LogP contribution in [-0.2, 0) is 19.1 Å². The summed E-state index contributed by atoms with van der Waals surface area (Å²) in [6, 6.07) is 4.81. The molecule has 0 unspecified atom stereocenters. The molecule has 4 rings (SSSR count). The molecule has 0 atom stereocenters. The Bertz CT molecular complexity index is 1060. The minimum atomic E-state index is -4.36. The van der Waals surface area contributed by atoms with Crippen LogP contribution in [0.1, 0.15) is 22.8 Å². The normalized spacial score (nSPS) is 14.4. The Kier molecular flexibility index (Phi) is 5.29. The van der Waals surface area contributed by atoms with Gasteiger partial charge in [0.05, 0.1) is 29.3 Å². The van der Waals surface area contributed by atoms with Crippen molar-refractivity contribution in [3.63, 3.8) is 0 Å². The summed E-state index contributed by atoms with van der Waals surface area (Å²) in [5, 5.41) is 3.01. The first-order valence-corrected chi connectivity index (χ1v) is 9.52. The topological polar surface area (TPSA) is 58.9 Å². The number of hydrogen-bond acceptors (Lipinski definition) is 5. The molecule has 30 heavy (non-hydrogen) atoms. The number of imidazole rings is 1. The van der Waals surface area contributed by atoms with E-state index in [0.29, 0.717) is 17.3 Å². The lowest BCUT2D eigenvalue weighted by Gasteiger charge is -2.25. The van der Waals surface area contributed by atoms with Crippen LogP contribution in [0.4, 0.5) is 24.7 Å². The van der Waals surface area contributed by atoms with Gasteiger partial charge in [-0.1, -0.05) is 6.08 Å². The van der Waals surface area contributed by atoms with Crippen LogP contribution in [0.2, 0.25) is 0 Å². The van der Waals surface area contributed by atoms with Gasteiger partial charge in [0.1, 0.15) is 5.82 Å². The lowest BCUT2D eigenvalue weighted by atomic mass is 10.1. The summed E-state index contributed by atoms with van der Waals surface area (Å²) in [5.41, 5.74) is 1.93. The van der Waals surface area contributed by atoms with Gasteiger partial charge in [-0.2, -0.15) is 13.2 Å². The van der Waals surface area contributed by atoms with Gasteiger partial charge in [-0.05, 0) is 31.2 Å². The van der Waals surface area contributed by atoms with Gasteiger partial charge in [-0.3, -0.25) is 14.5 Å². The van der Waals surface area contributed by atoms with Crippen LogP contribution >= 0.6 is 0 Å². The highest BCUT2D eigenvalue weighted by molar-refractivity contribution is 5.56. The van der Waals surface area contributed by atoms with E-state index in [2.05, 4.69) is 26.8 Å². The highest BCUT2D eigenvalue weighted by Gasteiger charge is 2.30. The summed E-state index contributed by atoms with van der Waals surface area (Å²) >= 11 is 0. The first-order valence-electron chi connectivity index (χ1n) is 9.52. The third kappa shape index (κ3) is 4.06. The number of hydrogen-bond donors (Lipinski definition) is 1. The smallest absolute Gasteiger partial charge is 0.339 e. The van der Waals surface area contributed by atoms with Gasteiger partial charge in [0.2, 0.25) is 0 Å². The molecule has 0 fully saturated rings. The van der Waals surface area contributed by atoms with Crippen molar-refractivity contribution < 1.29 is 13.2 Å². The van der Waals surface area contributed by atoms with Gasteiger partial charge in [0, 0.05) is 31.7 Å². The van der Waals surface area contributed by atoms with E-state index < -0.39 is 11.7 Å². The van der Waals surface area contributed by atoms with E-state index in [1.54, 1.807) is 6.20 Å². The molecule has 0 aliphatic carbocycles. The van der Waals surface area contributed by atoms with Crippen LogP contribution in [0.5, 0.6) is 0 Å². The molecule has 156 valence electrons. The number of rotatable bonds is 5. The van der Waals surface area contributed by atoms with Crippen LogP contribution in [0, 0.1) is 6.92 Å². The Morgan fingerprint density at radius 3 is 2.63 bits per heavy atom. The summed E-state index contributed by atoms with van der Waals surface area (Å²) < 4.78 is 40.2. The van der Waals surface area contributed by atoms with Crippen LogP contribution in [0.15, 0.2) is 49.3 Å². The Labute approximate surface area is 172 Å². The molecule has 6 nitrogen and oxygen atoms in total. The molecule has 1 aliphatic rings. The monoisotopic (exact) mass is 414 g/mol. The fourth-order valence-corrected chi connectivity index (χ4v) is 3.63. The zero-order valence-electron chi connectivity index (χ0n) is 16.4. The van der Waals surface area contributed by atoms with Crippen LogP contribution in [-0.4, -0.2) is 37.5 Å². The number of fused-ring (bicyclic) bond motifs is 1. The second-order valence-electron chi connectivity index (χ2n) is 7.12. The summed E-state index contributed by atoms with van der Waals surface area (Å²) in [4.78, 5) is 15.8. The number of benzene rings is 1. The molecule has 0 amide bonds. The predicted molar refractivity (Wildman–Crippen MR) is 108 cm³/mol. The van der Waals surface area contributed by atoms with E-state index in [4.69, 9.17) is 4.98 Å². The minimum absolute atomic E-state index is 0.443. The Morgan fingerprint density at radius 2 is 1.93 bits per heavy atom. The number of aryl methyl sites for hydroxylation is 1. The molecular formula is C21H21F3N6. The lowest BCUT2D eigenvalue weighted by Crippen LogP contribution is -2.31. The molecule has 0 bridgehead atoms. The Balaban J connectivity index is 1.58. The fraction of sp³-hybridized carbons (Fsp3) is 0.286. The molecule has 0 saturated heterocycles. The Hall–Kier alpha value is -3.20. The van der Waals surface area contributed by atoms with E-state index in [-0.39, 0.29) is 0 Å². The van der Waals surface area contributed by atoms with E-state index in [1.807, 2.05) is 17.6 Å². The average molecular weight is 414 g/mol. The first kappa shape index (κ1) is 20.1. The molecule has 1 aliphatic heterocycles. The number of alkyl halides is 3. The molecule has 0 spiro atoms. The van der Waals surface area contributed by atoms with Crippen molar-refractivity contribution in [2.45, 2.75) is 26.1 Å². The zero-order chi connectivity index (χ0) is 21.3. The highest BCUT2D eigenvalue weighted by Crippen LogP contribution is 2.30. The maximum Gasteiger partial charge on any atom is 0.416 e. The summed E-state index contributed by atoms with van der Waals surface area (Å²) in [7, 11) is 0. The maximum atomic E-state index is 12.7. The van der Waals surface area contributed by atoms with E-state index in [0.717, 1.165) is 55.4 Å². The van der Waals surface area contributed by atoms with Gasteiger partial charge >= 0.3 is 6.18 Å². The standard InChI is InChI=1S/C21H21F3N6/c1-3-9-29-10-8-18-17(13-29)26-14(2)30(18)20-12-25-11-19(28-20)27-16-6-4-15(5-7-16)21(22,23)24/h3-7,11-12H,1,8-10,13H2,2H3,(H,27,28). The number of anilines is 2. The molecule has 9 heteroatoms. The Morgan fingerprint density at radius 1 is 1.17 bits per heavy atom. The quantitative estimate of drug-likeness (QED) is 0.632. The van der Waals surface area contributed by atoms with Crippen LogP contribution < -0.4 is 5.32 Å². The average Bonchev–Trinajstić information content (AvgIpc) is 3.03. The summed E-state index contributed by atoms with van der Waals surface area (Å²) in [5.74, 6) is 1.88. The second kappa shape index (κ2) is 7.91. The second-order valence-corrected chi connectivity index (χ2v) is 7.12. The maximum absolute atomic E-state index is 12.7. The van der Waals surface area contributed by atoms with Crippen molar-refractivity contribution in [1.29, 1.82) is 0 Å². The minimum Gasteiger partial charge on any atom is -0.339 e. The van der Waals surface area contributed by atoms with Gasteiger partial charge < -0.3 is 5.32 Å². The fourth-order valence-electron chi connectivity index (χ4n) is 3.63. The zero-order valence-corrected chi connectivity index (χ0v) is 16.4. The van der Waals surface area contributed by atoms with Crippen LogP contribution in [0.3, 0.4) is 0 Å². The van der Waals surface area contributed by atoms with E-state index in [9.17, 15) is 13.2 Å². The molecule has 1 aromatic carbocycles. The largest absolute Gasteiger partial charge is 0.416 e. The van der Waals surface area contributed by atoms with Crippen molar-refractivity contribution in [3.8, 4) is 5.82 Å². The molecule has 3 heterocycles. The highest BCUT2D eigenvalue weighted by atomic mass is 19.4. The molecular weight excluding hydrogens is 393 g/mol. The van der Waals surface area contributed by atoms with Gasteiger partial charge in [0.15, 0.2) is 11.6 Å². The number of aromatic nitrogens is 4.